The standard InChI is InChI=1S/C33H43NO.Li/c1-21(2)28-12-11-13-29(22(3)4)31(28)34-20-25-16-23(14-15-30(25)35)24-17-26(32(5,6)7)19-27(18-24)33(8,9)10;/h11-22,35H,1-10H3;/q;+1. The van der Waals surface area contributed by atoms with Gasteiger partial charge in [0.25, 0.3) is 0 Å². The fourth-order valence-electron chi connectivity index (χ4n) is 4.37. The molecule has 2 nitrogen and oxygen atoms in total. The molecule has 0 aliphatic heterocycles. The summed E-state index contributed by atoms with van der Waals surface area (Å²) in [4.78, 5) is 3.53. The third-order valence-electron chi connectivity index (χ3n) is 6.75. The molecule has 3 aromatic carbocycles. The van der Waals surface area contributed by atoms with E-state index in [-0.39, 0.29) is 35.4 Å². The first-order valence-electron chi connectivity index (χ1n) is 12.9. The largest absolute Gasteiger partial charge is 1.00 e. The average Bonchev–Trinajstić information content (AvgIpc) is 2.76. The summed E-state index contributed by atoms with van der Waals surface area (Å²) in [6.07, 6.45) is 1.89. The van der Waals surface area contributed by atoms with E-state index >= 15 is 0 Å². The summed E-state index contributed by atoms with van der Waals surface area (Å²) in [5, 5.41) is 12.8. The van der Waals surface area contributed by atoms with Crippen molar-refractivity contribution in [2.45, 2.75) is 91.9 Å². The second-order valence-electron chi connectivity index (χ2n) is 12.5. The van der Waals surface area contributed by atoms with Crippen molar-refractivity contribution in [3.05, 3.63) is 82.4 Å². The third-order valence-corrected chi connectivity index (χ3v) is 6.75. The normalized spacial score (nSPS) is 12.4. The van der Waals surface area contributed by atoms with Crippen molar-refractivity contribution in [1.82, 2.24) is 0 Å². The molecule has 0 aliphatic carbocycles. The molecule has 0 saturated carbocycles. The quantitative estimate of drug-likeness (QED) is 0.437. The molecule has 1 N–H and O–H groups in total. The van der Waals surface area contributed by atoms with Gasteiger partial charge in [-0.3, -0.25) is 0 Å². The monoisotopic (exact) mass is 476 g/mol. The van der Waals surface area contributed by atoms with Gasteiger partial charge in [0.1, 0.15) is 0 Å². The van der Waals surface area contributed by atoms with Gasteiger partial charge in [-0.05, 0) is 51.0 Å². The minimum atomic E-state index is 0. The summed E-state index contributed by atoms with van der Waals surface area (Å²) in [6.45, 7) is 22.3. The molecular formula is C33H43LiNO+. The molecule has 36 heavy (non-hydrogen) atoms. The van der Waals surface area contributed by atoms with E-state index in [1.54, 1.807) is 6.07 Å². The van der Waals surface area contributed by atoms with Crippen LogP contribution in [0.1, 0.15) is 109 Å². The Morgan fingerprint density at radius 2 is 1.19 bits per heavy atom. The van der Waals surface area contributed by atoms with Gasteiger partial charge < -0.3 is 5.11 Å². The van der Waals surface area contributed by atoms with Crippen molar-refractivity contribution in [1.29, 1.82) is 0 Å². The second kappa shape index (κ2) is 11.4. The number of hydrogen-bond donors (Lipinski definition) is 1. The number of nitrogens with one attached hydrogen (secondary N) is 1. The molecular weight excluding hydrogens is 433 g/mol. The number of para-hydroxylation sites is 1. The Hall–Kier alpha value is -2.27. The van der Waals surface area contributed by atoms with Crippen LogP contribution in [0.25, 0.3) is 11.1 Å². The fourth-order valence-corrected chi connectivity index (χ4v) is 4.37. The van der Waals surface area contributed by atoms with Crippen molar-refractivity contribution in [3.63, 3.8) is 0 Å². The minimum absolute atomic E-state index is 0. The maximum atomic E-state index is 12.8. The van der Waals surface area contributed by atoms with Crippen LogP contribution in [0.4, 0.5) is 5.69 Å². The van der Waals surface area contributed by atoms with E-state index in [4.69, 9.17) is 0 Å². The summed E-state index contributed by atoms with van der Waals surface area (Å²) >= 11 is 0. The SMILES string of the molecule is CC(C)c1cccc(C(C)C)c1[NH+]=Cc1cc(-c2cc(C(C)(C)C)cc(C(C)(C)C)c2)ccc1[O-].[Li+]. The number of rotatable bonds is 5. The Kier molecular flexibility index (Phi) is 9.50. The minimum Gasteiger partial charge on any atom is -0.872 e. The summed E-state index contributed by atoms with van der Waals surface area (Å²) < 4.78 is 0. The van der Waals surface area contributed by atoms with Gasteiger partial charge in [0.2, 0.25) is 5.69 Å². The first kappa shape index (κ1) is 30.0. The molecule has 3 aromatic rings. The Labute approximate surface area is 231 Å². The van der Waals surface area contributed by atoms with Crippen molar-refractivity contribution in [2.24, 2.45) is 0 Å². The van der Waals surface area contributed by atoms with E-state index in [2.05, 4.69) is 111 Å². The molecule has 0 unspecified atom stereocenters. The molecule has 3 heteroatoms. The average molecular weight is 477 g/mol. The van der Waals surface area contributed by atoms with Gasteiger partial charge in [-0.25, -0.2) is 4.99 Å². The Balaban J connectivity index is 0.00000456. The molecule has 0 bridgehead atoms. The zero-order chi connectivity index (χ0) is 26.1. The predicted molar refractivity (Wildman–Crippen MR) is 149 cm³/mol. The van der Waals surface area contributed by atoms with E-state index in [0.717, 1.165) is 16.8 Å². The number of hydrogen-bond acceptors (Lipinski definition) is 1. The second-order valence-corrected chi connectivity index (χ2v) is 12.5. The molecule has 3 rings (SSSR count). The van der Waals surface area contributed by atoms with Crippen molar-refractivity contribution in [3.8, 4) is 16.9 Å². The first-order chi connectivity index (χ1) is 16.2. The Morgan fingerprint density at radius 3 is 1.64 bits per heavy atom. The van der Waals surface area contributed by atoms with Gasteiger partial charge in [-0.2, -0.15) is 0 Å². The predicted octanol–water partition coefficient (Wildman–Crippen LogP) is 4.10. The Morgan fingerprint density at radius 1 is 0.694 bits per heavy atom. The van der Waals surface area contributed by atoms with E-state index in [9.17, 15) is 5.11 Å². The van der Waals surface area contributed by atoms with Crippen LogP contribution in [-0.2, 0) is 10.8 Å². The molecule has 0 fully saturated rings. The summed E-state index contributed by atoms with van der Waals surface area (Å²) in [5.74, 6) is 0.801. The van der Waals surface area contributed by atoms with Crippen LogP contribution in [0.5, 0.6) is 5.75 Å². The van der Waals surface area contributed by atoms with Gasteiger partial charge in [0.05, 0.1) is 0 Å². The maximum Gasteiger partial charge on any atom is 1.00 e. The van der Waals surface area contributed by atoms with Gasteiger partial charge in [-0.15, -0.1) is 0 Å². The number of benzene rings is 3. The van der Waals surface area contributed by atoms with Gasteiger partial charge in [-0.1, -0.05) is 124 Å². The summed E-state index contributed by atoms with van der Waals surface area (Å²) in [5.41, 5.74) is 9.24. The van der Waals surface area contributed by atoms with Crippen molar-refractivity contribution < 1.29 is 29.0 Å². The molecule has 0 spiro atoms. The topological polar surface area (TPSA) is 37.0 Å². The smallest absolute Gasteiger partial charge is 0.872 e. The van der Waals surface area contributed by atoms with E-state index in [0.29, 0.717) is 17.4 Å². The zero-order valence-electron chi connectivity index (χ0n) is 24.3. The van der Waals surface area contributed by atoms with Gasteiger partial charge in [0.15, 0.2) is 6.21 Å². The molecule has 0 amide bonds. The molecule has 0 heterocycles. The van der Waals surface area contributed by atoms with Crippen LogP contribution >= 0.6 is 0 Å². The van der Waals surface area contributed by atoms with E-state index in [1.807, 2.05) is 18.3 Å². The summed E-state index contributed by atoms with van der Waals surface area (Å²) in [7, 11) is 0. The van der Waals surface area contributed by atoms with Crippen LogP contribution < -0.4 is 29.0 Å². The summed E-state index contributed by atoms with van der Waals surface area (Å²) in [6, 6.07) is 19.0. The fraction of sp³-hybridized carbons (Fsp3) is 0.424. The maximum absolute atomic E-state index is 12.8. The molecule has 0 saturated heterocycles. The van der Waals surface area contributed by atoms with E-state index in [1.165, 1.54) is 22.3 Å². The molecule has 186 valence electrons. The van der Waals surface area contributed by atoms with Crippen LogP contribution in [0.2, 0.25) is 0 Å². The van der Waals surface area contributed by atoms with Gasteiger partial charge in [0, 0.05) is 16.7 Å². The van der Waals surface area contributed by atoms with Crippen molar-refractivity contribution >= 4 is 11.9 Å². The zero-order valence-corrected chi connectivity index (χ0v) is 24.3. The molecule has 0 aromatic heterocycles. The first-order valence-corrected chi connectivity index (χ1v) is 12.9. The van der Waals surface area contributed by atoms with E-state index < -0.39 is 0 Å². The molecule has 0 radical (unpaired) electrons. The molecule has 0 atom stereocenters. The van der Waals surface area contributed by atoms with Crippen LogP contribution in [0.3, 0.4) is 0 Å². The Bertz CT molecular complexity index is 1160. The third kappa shape index (κ3) is 6.93. The van der Waals surface area contributed by atoms with Crippen LogP contribution in [0.15, 0.2) is 54.6 Å². The van der Waals surface area contributed by atoms with Crippen LogP contribution in [-0.4, -0.2) is 6.21 Å². The van der Waals surface area contributed by atoms with Gasteiger partial charge >= 0.3 is 18.9 Å². The van der Waals surface area contributed by atoms with Crippen molar-refractivity contribution in [2.75, 3.05) is 0 Å². The molecule has 0 aliphatic rings. The van der Waals surface area contributed by atoms with Crippen LogP contribution in [0, 0.1) is 0 Å².